The molecule has 4 nitrogen and oxygen atoms in total. The third kappa shape index (κ3) is 4.39. The number of fused-ring (bicyclic) bond motifs is 4. The van der Waals surface area contributed by atoms with Crippen molar-refractivity contribution in [2.24, 2.45) is 33.5 Å². The Kier molecular flexibility index (Phi) is 7.06. The van der Waals surface area contributed by atoms with Gasteiger partial charge in [0.15, 0.2) is 11.6 Å². The molecule has 0 aromatic heterocycles. The number of hydrogen-bond acceptors (Lipinski definition) is 4. The Balaban J connectivity index is 0.939. The lowest BCUT2D eigenvalue weighted by molar-refractivity contribution is -0.126. The largest absolute Gasteiger partial charge is 0.494 e. The summed E-state index contributed by atoms with van der Waals surface area (Å²) in [5.41, 5.74) is 3.77. The molecular formula is C38H46O4. The van der Waals surface area contributed by atoms with E-state index in [2.05, 4.69) is 53.7 Å². The number of ether oxygens (including phenoxy) is 2. The van der Waals surface area contributed by atoms with Crippen LogP contribution in [0, 0.1) is 33.5 Å². The van der Waals surface area contributed by atoms with Gasteiger partial charge < -0.3 is 9.47 Å². The Morgan fingerprint density at radius 2 is 0.976 bits per heavy atom. The smallest absolute Gasteiger partial charge is 0.165 e. The topological polar surface area (TPSA) is 52.6 Å². The van der Waals surface area contributed by atoms with Crippen LogP contribution in [0.1, 0.15) is 91.2 Å². The van der Waals surface area contributed by atoms with Crippen molar-refractivity contribution in [2.75, 3.05) is 13.2 Å². The van der Waals surface area contributed by atoms with Crippen LogP contribution in [0.15, 0.2) is 59.7 Å². The van der Waals surface area contributed by atoms with Crippen molar-refractivity contribution in [2.45, 2.75) is 80.1 Å². The van der Waals surface area contributed by atoms with Gasteiger partial charge in [0, 0.05) is 10.8 Å². The zero-order chi connectivity index (χ0) is 29.9. The monoisotopic (exact) mass is 566 g/mol. The number of benzene rings is 2. The van der Waals surface area contributed by atoms with Crippen molar-refractivity contribution in [3.63, 3.8) is 0 Å². The first-order valence-corrected chi connectivity index (χ1v) is 15.9. The summed E-state index contributed by atoms with van der Waals surface area (Å²) < 4.78 is 11.9. The minimum absolute atomic E-state index is 0.0384. The van der Waals surface area contributed by atoms with Crippen molar-refractivity contribution < 1.29 is 19.1 Å². The van der Waals surface area contributed by atoms with Gasteiger partial charge in [0.2, 0.25) is 0 Å². The highest BCUT2D eigenvalue weighted by Gasteiger charge is 2.64. The molecule has 0 radical (unpaired) electrons. The molecule has 4 aliphatic carbocycles. The molecule has 222 valence electrons. The Hall–Kier alpha value is -3.14. The predicted octanol–water partition coefficient (Wildman–Crippen LogP) is 8.74. The molecule has 4 saturated carbocycles. The maximum Gasteiger partial charge on any atom is 0.165 e. The summed E-state index contributed by atoms with van der Waals surface area (Å²) in [6.07, 6.45) is 10.2. The standard InChI is InChI=1S/C38H46O4/c1-35(2)31-17-19-37(35,5)33(39)29(31)23-25-9-13-27(14-10-25)41-21-7-8-22-42-28-15-11-26(12-16-28)24-30-32-18-20-38(6,34(30)40)36(32,3)4/h9-16,23-24,31-32H,7-8,17-22H2,1-6H3. The molecule has 0 N–H and O–H groups in total. The lowest BCUT2D eigenvalue weighted by atomic mass is 9.70. The van der Waals surface area contributed by atoms with E-state index in [1.165, 1.54) is 0 Å². The predicted molar refractivity (Wildman–Crippen MR) is 168 cm³/mol. The van der Waals surface area contributed by atoms with Gasteiger partial charge in [-0.3, -0.25) is 9.59 Å². The van der Waals surface area contributed by atoms with Crippen LogP contribution >= 0.6 is 0 Å². The second kappa shape index (κ2) is 10.2. The van der Waals surface area contributed by atoms with E-state index in [1.54, 1.807) is 0 Å². The van der Waals surface area contributed by atoms with Gasteiger partial charge in [0.1, 0.15) is 11.5 Å². The number of rotatable bonds is 9. The van der Waals surface area contributed by atoms with Gasteiger partial charge in [-0.2, -0.15) is 0 Å². The third-order valence-corrected chi connectivity index (χ3v) is 12.2. The van der Waals surface area contributed by atoms with E-state index in [0.29, 0.717) is 36.6 Å². The molecule has 4 aliphatic rings. The fourth-order valence-corrected chi connectivity index (χ4v) is 8.45. The van der Waals surface area contributed by atoms with Gasteiger partial charge in [-0.25, -0.2) is 0 Å². The number of Topliss-reactive ketones (excluding diaryl/α,β-unsaturated/α-hetero) is 2. The molecule has 0 heterocycles. The van der Waals surface area contributed by atoms with Crippen LogP contribution in [0.25, 0.3) is 12.2 Å². The summed E-state index contributed by atoms with van der Waals surface area (Å²) in [6.45, 7) is 14.6. The minimum Gasteiger partial charge on any atom is -0.494 e. The average molecular weight is 567 g/mol. The van der Waals surface area contributed by atoms with Crippen molar-refractivity contribution in [3.8, 4) is 11.5 Å². The van der Waals surface area contributed by atoms with Crippen molar-refractivity contribution in [1.82, 2.24) is 0 Å². The fraction of sp³-hybridized carbons (Fsp3) is 0.526. The van der Waals surface area contributed by atoms with Crippen LogP contribution in [0.4, 0.5) is 0 Å². The number of carbonyl (C=O) groups excluding carboxylic acids is 2. The molecule has 6 rings (SSSR count). The first-order chi connectivity index (χ1) is 19.9. The summed E-state index contributed by atoms with van der Waals surface area (Å²) in [4.78, 5) is 26.2. The number of allylic oxidation sites excluding steroid dienone is 2. The van der Waals surface area contributed by atoms with E-state index < -0.39 is 0 Å². The lowest BCUT2D eigenvalue weighted by Gasteiger charge is -2.31. The normalized spacial score (nSPS) is 32.3. The van der Waals surface area contributed by atoms with Crippen LogP contribution < -0.4 is 9.47 Å². The van der Waals surface area contributed by atoms with Gasteiger partial charge in [-0.05, 0) is 120 Å². The fourth-order valence-electron chi connectivity index (χ4n) is 8.45. The Morgan fingerprint density at radius 1 is 0.619 bits per heavy atom. The molecular weight excluding hydrogens is 520 g/mol. The SMILES string of the molecule is CC12CCC(C(=Cc3ccc(OCCCCOc4ccc(C=C5C(=O)C6(C)CCC5C6(C)C)cc4)cc3)C1=O)C2(C)C. The molecule has 42 heavy (non-hydrogen) atoms. The number of unbranched alkanes of at least 4 members (excludes halogenated alkanes) is 1. The van der Waals surface area contributed by atoms with Crippen LogP contribution in [-0.4, -0.2) is 24.8 Å². The zero-order valence-corrected chi connectivity index (χ0v) is 26.2. The first-order valence-electron chi connectivity index (χ1n) is 15.9. The van der Waals surface area contributed by atoms with Crippen molar-refractivity contribution >= 4 is 23.7 Å². The second-order valence-corrected chi connectivity index (χ2v) is 14.7. The third-order valence-electron chi connectivity index (χ3n) is 12.2. The van der Waals surface area contributed by atoms with Crippen LogP contribution in [-0.2, 0) is 9.59 Å². The van der Waals surface area contributed by atoms with E-state index in [1.807, 2.05) is 48.5 Å². The molecule has 4 atom stereocenters. The van der Waals surface area contributed by atoms with Gasteiger partial charge >= 0.3 is 0 Å². The average Bonchev–Trinajstić information content (AvgIpc) is 3.45. The summed E-state index contributed by atoms with van der Waals surface area (Å²) >= 11 is 0. The molecule has 0 aliphatic heterocycles. The highest BCUT2D eigenvalue weighted by molar-refractivity contribution is 6.08. The van der Waals surface area contributed by atoms with Crippen LogP contribution in [0.2, 0.25) is 0 Å². The van der Waals surface area contributed by atoms with Crippen LogP contribution in [0.5, 0.6) is 11.5 Å². The van der Waals surface area contributed by atoms with E-state index in [9.17, 15) is 9.59 Å². The van der Waals surface area contributed by atoms with Gasteiger partial charge in [0.05, 0.1) is 13.2 Å². The zero-order valence-electron chi connectivity index (χ0n) is 26.2. The van der Waals surface area contributed by atoms with E-state index in [0.717, 1.165) is 72.3 Å². The molecule has 0 saturated heterocycles. The molecule has 2 aromatic rings. The van der Waals surface area contributed by atoms with E-state index >= 15 is 0 Å². The van der Waals surface area contributed by atoms with Crippen LogP contribution in [0.3, 0.4) is 0 Å². The number of ketones is 2. The van der Waals surface area contributed by atoms with Gasteiger partial charge in [0.25, 0.3) is 0 Å². The molecule has 0 amide bonds. The molecule has 4 bridgehead atoms. The van der Waals surface area contributed by atoms with E-state index in [-0.39, 0.29) is 21.7 Å². The summed E-state index contributed by atoms with van der Waals surface area (Å²) in [6, 6.07) is 16.2. The first kappa shape index (κ1) is 29.0. The maximum atomic E-state index is 13.1. The van der Waals surface area contributed by atoms with E-state index in [4.69, 9.17) is 9.47 Å². The quantitative estimate of drug-likeness (QED) is 0.225. The van der Waals surface area contributed by atoms with Gasteiger partial charge in [-0.15, -0.1) is 0 Å². The highest BCUT2D eigenvalue weighted by Crippen LogP contribution is 2.66. The lowest BCUT2D eigenvalue weighted by Crippen LogP contribution is -2.32. The van der Waals surface area contributed by atoms with Crippen molar-refractivity contribution in [3.05, 3.63) is 70.8 Å². The minimum atomic E-state index is -0.218. The van der Waals surface area contributed by atoms with Gasteiger partial charge in [-0.1, -0.05) is 65.8 Å². The number of carbonyl (C=O) groups is 2. The molecule has 4 unspecified atom stereocenters. The summed E-state index contributed by atoms with van der Waals surface area (Å²) in [5, 5.41) is 0. The summed E-state index contributed by atoms with van der Waals surface area (Å²) in [5.74, 6) is 3.09. The number of hydrogen-bond donors (Lipinski definition) is 0. The summed E-state index contributed by atoms with van der Waals surface area (Å²) in [7, 11) is 0. The Bertz CT molecular complexity index is 1330. The maximum absolute atomic E-state index is 13.1. The highest BCUT2D eigenvalue weighted by atomic mass is 16.5. The molecule has 4 fully saturated rings. The molecule has 2 aromatic carbocycles. The Labute approximate surface area is 251 Å². The van der Waals surface area contributed by atoms with Crippen molar-refractivity contribution in [1.29, 1.82) is 0 Å². The second-order valence-electron chi connectivity index (χ2n) is 14.7. The Morgan fingerprint density at radius 3 is 1.29 bits per heavy atom. The molecule has 4 heteroatoms. The molecule has 0 spiro atoms.